The van der Waals surface area contributed by atoms with Crippen LogP contribution in [0, 0.1) is 0 Å². The van der Waals surface area contributed by atoms with Crippen molar-refractivity contribution in [2.75, 3.05) is 25.0 Å². The molecule has 2 aromatic carbocycles. The van der Waals surface area contributed by atoms with Gasteiger partial charge in [0.15, 0.2) is 0 Å². The van der Waals surface area contributed by atoms with Crippen molar-refractivity contribution in [1.29, 1.82) is 0 Å². The van der Waals surface area contributed by atoms with Crippen LogP contribution in [-0.4, -0.2) is 48.3 Å². The fourth-order valence-corrected chi connectivity index (χ4v) is 5.42. The Morgan fingerprint density at radius 3 is 2.15 bits per heavy atom. The van der Waals surface area contributed by atoms with Crippen LogP contribution in [0.4, 0.5) is 5.69 Å². The maximum Gasteiger partial charge on any atom is 0.255 e. The smallest absolute Gasteiger partial charge is 0.255 e. The first-order chi connectivity index (χ1) is 16.3. The van der Waals surface area contributed by atoms with E-state index in [9.17, 15) is 13.2 Å². The molecule has 0 aliphatic heterocycles. The van der Waals surface area contributed by atoms with E-state index in [0.717, 1.165) is 29.7 Å². The molecular formula is C25H32N4O4S. The van der Waals surface area contributed by atoms with Gasteiger partial charge in [-0.3, -0.25) is 4.79 Å². The van der Waals surface area contributed by atoms with Crippen molar-refractivity contribution in [3.8, 4) is 5.75 Å². The third kappa shape index (κ3) is 5.20. The van der Waals surface area contributed by atoms with E-state index in [1.807, 2.05) is 13.8 Å². The minimum atomic E-state index is -3.78. The summed E-state index contributed by atoms with van der Waals surface area (Å²) in [4.78, 5) is 22.4. The molecule has 0 fully saturated rings. The Hall–Kier alpha value is -3.04. The van der Waals surface area contributed by atoms with Gasteiger partial charge in [-0.25, -0.2) is 18.4 Å². The summed E-state index contributed by atoms with van der Waals surface area (Å²) in [7, 11) is -3.78. The van der Waals surface area contributed by atoms with E-state index in [-0.39, 0.29) is 16.6 Å². The summed E-state index contributed by atoms with van der Waals surface area (Å²) < 4.78 is 33.3. The highest BCUT2D eigenvalue weighted by Crippen LogP contribution is 2.30. The summed E-state index contributed by atoms with van der Waals surface area (Å²) in [5.41, 5.74) is 4.04. The van der Waals surface area contributed by atoms with Gasteiger partial charge >= 0.3 is 0 Å². The Bertz CT molecular complexity index is 1290. The molecular weight excluding hydrogens is 452 g/mol. The number of sulfonamides is 1. The van der Waals surface area contributed by atoms with E-state index >= 15 is 0 Å². The third-order valence-electron chi connectivity index (χ3n) is 5.58. The van der Waals surface area contributed by atoms with Gasteiger partial charge in [0, 0.05) is 24.3 Å². The summed E-state index contributed by atoms with van der Waals surface area (Å²) >= 11 is 0. The molecule has 0 saturated heterocycles. The molecule has 8 nitrogen and oxygen atoms in total. The molecule has 0 radical (unpaired) electrons. The Kier molecular flexibility index (Phi) is 8.22. The lowest BCUT2D eigenvalue weighted by molar-refractivity contribution is 0.102. The number of nitrogens with zero attached hydrogens (tertiary/aromatic N) is 3. The molecule has 0 bridgehead atoms. The number of aryl methyl sites for hydroxylation is 2. The molecule has 0 atom stereocenters. The molecule has 3 aromatic rings. The molecule has 9 heteroatoms. The molecule has 1 N–H and O–H groups in total. The van der Waals surface area contributed by atoms with Crippen LogP contribution in [0.1, 0.15) is 56.4 Å². The van der Waals surface area contributed by atoms with Crippen LogP contribution >= 0.6 is 0 Å². The van der Waals surface area contributed by atoms with Crippen molar-refractivity contribution in [2.45, 2.75) is 52.4 Å². The summed E-state index contributed by atoms with van der Waals surface area (Å²) in [5, 5.41) is 2.81. The zero-order valence-corrected chi connectivity index (χ0v) is 21.2. The number of ether oxygens (including phenoxy) is 1. The van der Waals surface area contributed by atoms with Gasteiger partial charge in [-0.1, -0.05) is 27.7 Å². The number of carbonyl (C=O) groups excluding carboxylic acids is 1. The first-order valence-corrected chi connectivity index (χ1v) is 13.1. The topological polar surface area (TPSA) is 101 Å². The van der Waals surface area contributed by atoms with E-state index in [4.69, 9.17) is 4.74 Å². The van der Waals surface area contributed by atoms with Gasteiger partial charge in [0.2, 0.25) is 10.0 Å². The predicted octanol–water partition coefficient (Wildman–Crippen LogP) is 4.44. The minimum Gasteiger partial charge on any atom is -0.492 e. The number of anilines is 1. The standard InChI is InChI=1S/C25H32N4O4S/c1-6-19-20(7-2)28-22-15-17(11-13-21(22)27-19)25(30)26-18-12-14-23(33-10-5)24(16-18)34(31,32)29(8-3)9-4/h11-16H,6-10H2,1-5H3,(H,26,30). The number of benzene rings is 2. The lowest BCUT2D eigenvalue weighted by Gasteiger charge is -2.21. The lowest BCUT2D eigenvalue weighted by atomic mass is 10.1. The van der Waals surface area contributed by atoms with Gasteiger partial charge in [0.25, 0.3) is 5.91 Å². The molecule has 1 heterocycles. The molecule has 1 amide bonds. The maximum atomic E-state index is 13.2. The predicted molar refractivity (Wildman–Crippen MR) is 134 cm³/mol. The van der Waals surface area contributed by atoms with Gasteiger partial charge in [-0.05, 0) is 56.2 Å². The number of aromatic nitrogens is 2. The van der Waals surface area contributed by atoms with E-state index in [2.05, 4.69) is 15.3 Å². The average Bonchev–Trinajstić information content (AvgIpc) is 2.84. The van der Waals surface area contributed by atoms with Crippen molar-refractivity contribution in [3.05, 3.63) is 53.3 Å². The van der Waals surface area contributed by atoms with E-state index in [1.165, 1.54) is 10.4 Å². The van der Waals surface area contributed by atoms with Crippen LogP contribution in [0.3, 0.4) is 0 Å². The molecule has 0 saturated carbocycles. The monoisotopic (exact) mass is 484 g/mol. The van der Waals surface area contributed by atoms with Crippen LogP contribution in [0.5, 0.6) is 5.75 Å². The lowest BCUT2D eigenvalue weighted by Crippen LogP contribution is -2.31. The van der Waals surface area contributed by atoms with Gasteiger partial charge in [0.05, 0.1) is 29.0 Å². The fourth-order valence-electron chi connectivity index (χ4n) is 3.80. The maximum absolute atomic E-state index is 13.2. The molecule has 3 rings (SSSR count). The first kappa shape index (κ1) is 25.6. The fraction of sp³-hybridized carbons (Fsp3) is 0.400. The quantitative estimate of drug-likeness (QED) is 0.457. The van der Waals surface area contributed by atoms with Crippen LogP contribution in [-0.2, 0) is 22.9 Å². The molecule has 0 aliphatic rings. The van der Waals surface area contributed by atoms with Crippen molar-refractivity contribution in [1.82, 2.24) is 14.3 Å². The van der Waals surface area contributed by atoms with Gasteiger partial charge in [0.1, 0.15) is 10.6 Å². The largest absolute Gasteiger partial charge is 0.492 e. The second kappa shape index (κ2) is 10.9. The average molecular weight is 485 g/mol. The zero-order chi connectivity index (χ0) is 24.9. The third-order valence-corrected chi connectivity index (χ3v) is 7.65. The number of rotatable bonds is 10. The van der Waals surface area contributed by atoms with Crippen LogP contribution < -0.4 is 10.1 Å². The van der Waals surface area contributed by atoms with Gasteiger partial charge in [-0.2, -0.15) is 4.31 Å². The number of fused-ring (bicyclic) bond motifs is 1. The molecule has 0 unspecified atom stereocenters. The van der Waals surface area contributed by atoms with E-state index < -0.39 is 10.0 Å². The Labute approximate surface area is 201 Å². The number of nitrogens with one attached hydrogen (secondary N) is 1. The number of amides is 1. The van der Waals surface area contributed by atoms with Crippen molar-refractivity contribution < 1.29 is 17.9 Å². The molecule has 0 spiro atoms. The highest BCUT2D eigenvalue weighted by molar-refractivity contribution is 7.89. The van der Waals surface area contributed by atoms with Gasteiger partial charge < -0.3 is 10.1 Å². The van der Waals surface area contributed by atoms with E-state index in [1.54, 1.807) is 51.1 Å². The summed E-state index contributed by atoms with van der Waals surface area (Å²) in [5.74, 6) is -0.108. The van der Waals surface area contributed by atoms with Crippen molar-refractivity contribution >= 4 is 32.7 Å². The summed E-state index contributed by atoms with van der Waals surface area (Å²) in [6, 6.07) is 9.83. The van der Waals surface area contributed by atoms with Crippen LogP contribution in [0.15, 0.2) is 41.3 Å². The number of hydrogen-bond acceptors (Lipinski definition) is 6. The van der Waals surface area contributed by atoms with E-state index in [0.29, 0.717) is 36.5 Å². The molecule has 1 aromatic heterocycles. The minimum absolute atomic E-state index is 0.0277. The van der Waals surface area contributed by atoms with Crippen molar-refractivity contribution in [3.63, 3.8) is 0 Å². The highest BCUT2D eigenvalue weighted by Gasteiger charge is 2.26. The van der Waals surface area contributed by atoms with Crippen LogP contribution in [0.25, 0.3) is 11.0 Å². The Morgan fingerprint density at radius 2 is 1.56 bits per heavy atom. The SMILES string of the molecule is CCOc1ccc(NC(=O)c2ccc3nc(CC)c(CC)nc3c2)cc1S(=O)(=O)N(CC)CC. The highest BCUT2D eigenvalue weighted by atomic mass is 32.2. The summed E-state index contributed by atoms with van der Waals surface area (Å²) in [6.07, 6.45) is 1.56. The molecule has 0 aliphatic carbocycles. The summed E-state index contributed by atoms with van der Waals surface area (Å²) in [6.45, 7) is 10.4. The number of carbonyl (C=O) groups is 1. The molecule has 34 heavy (non-hydrogen) atoms. The Morgan fingerprint density at radius 1 is 0.912 bits per heavy atom. The van der Waals surface area contributed by atoms with Crippen LogP contribution in [0.2, 0.25) is 0 Å². The molecule has 182 valence electrons. The van der Waals surface area contributed by atoms with Crippen molar-refractivity contribution in [2.24, 2.45) is 0 Å². The second-order valence-corrected chi connectivity index (χ2v) is 9.57. The Balaban J connectivity index is 1.96. The second-order valence-electron chi connectivity index (χ2n) is 7.67. The van der Waals surface area contributed by atoms with Gasteiger partial charge in [-0.15, -0.1) is 0 Å². The number of hydrogen-bond donors (Lipinski definition) is 1. The first-order valence-electron chi connectivity index (χ1n) is 11.7. The zero-order valence-electron chi connectivity index (χ0n) is 20.4. The normalized spacial score (nSPS) is 11.7.